The topological polar surface area (TPSA) is 83.6 Å². The molecule has 5 heteroatoms. The van der Waals surface area contributed by atoms with Crippen LogP contribution in [0.1, 0.15) is 20.7 Å². The average molecular weight is 208 g/mol. The van der Waals surface area contributed by atoms with Crippen molar-refractivity contribution in [1.29, 1.82) is 0 Å². The van der Waals surface area contributed by atoms with E-state index in [-0.39, 0.29) is 22.8 Å². The summed E-state index contributed by atoms with van der Waals surface area (Å²) in [5.74, 6) is -1.14. The molecule has 1 rings (SSSR count). The van der Waals surface area contributed by atoms with E-state index in [1.54, 1.807) is 14.1 Å². The Bertz CT molecular complexity index is 413. The first-order valence-electron chi connectivity index (χ1n) is 4.27. The summed E-state index contributed by atoms with van der Waals surface area (Å²) in [6.07, 6.45) is 0. The number of primary amides is 1. The summed E-state index contributed by atoms with van der Waals surface area (Å²) in [7, 11) is 3.16. The van der Waals surface area contributed by atoms with Gasteiger partial charge in [-0.15, -0.1) is 0 Å². The zero-order valence-electron chi connectivity index (χ0n) is 8.52. The van der Waals surface area contributed by atoms with E-state index >= 15 is 0 Å². The molecule has 15 heavy (non-hydrogen) atoms. The molecule has 5 nitrogen and oxygen atoms in total. The maximum absolute atomic E-state index is 11.5. The predicted molar refractivity (Wildman–Crippen MR) is 54.6 cm³/mol. The second-order valence-corrected chi connectivity index (χ2v) is 3.33. The van der Waals surface area contributed by atoms with E-state index in [9.17, 15) is 14.7 Å². The molecule has 0 aromatic heterocycles. The maximum atomic E-state index is 11.5. The van der Waals surface area contributed by atoms with Gasteiger partial charge in [-0.25, -0.2) is 0 Å². The number of amides is 2. The average Bonchev–Trinajstić information content (AvgIpc) is 2.15. The number of carbonyl (C=O) groups is 2. The molecular weight excluding hydrogens is 196 g/mol. The number of rotatable bonds is 2. The van der Waals surface area contributed by atoms with Crippen molar-refractivity contribution in [2.24, 2.45) is 5.73 Å². The van der Waals surface area contributed by atoms with E-state index in [0.717, 1.165) is 0 Å². The molecule has 0 aliphatic heterocycles. The van der Waals surface area contributed by atoms with Crippen LogP contribution in [0.25, 0.3) is 0 Å². The fourth-order valence-electron chi connectivity index (χ4n) is 1.14. The summed E-state index contributed by atoms with van der Waals surface area (Å²) in [6.45, 7) is 0. The van der Waals surface area contributed by atoms with Crippen LogP contribution in [0.5, 0.6) is 5.75 Å². The van der Waals surface area contributed by atoms with Crippen LogP contribution in [0, 0.1) is 0 Å². The highest BCUT2D eigenvalue weighted by molar-refractivity contribution is 5.99. The molecule has 0 atom stereocenters. The number of hydrogen-bond donors (Lipinski definition) is 2. The summed E-state index contributed by atoms with van der Waals surface area (Å²) in [5.41, 5.74) is 5.39. The van der Waals surface area contributed by atoms with Gasteiger partial charge in [-0.3, -0.25) is 9.59 Å². The van der Waals surface area contributed by atoms with Crippen LogP contribution in [0.4, 0.5) is 0 Å². The van der Waals surface area contributed by atoms with Crippen molar-refractivity contribution >= 4 is 11.8 Å². The molecule has 80 valence electrons. The van der Waals surface area contributed by atoms with Crippen LogP contribution in [-0.2, 0) is 0 Å². The third-order valence-electron chi connectivity index (χ3n) is 1.86. The van der Waals surface area contributed by atoms with Gasteiger partial charge in [0.1, 0.15) is 5.75 Å². The predicted octanol–water partition coefficient (Wildman–Crippen LogP) is 0.193. The van der Waals surface area contributed by atoms with Gasteiger partial charge in [0.05, 0.1) is 0 Å². The third kappa shape index (κ3) is 2.46. The zero-order chi connectivity index (χ0) is 11.6. The number of nitrogens with two attached hydrogens (primary N) is 1. The van der Waals surface area contributed by atoms with Crippen molar-refractivity contribution in [1.82, 2.24) is 4.90 Å². The number of carbonyl (C=O) groups excluding carboxylic acids is 2. The molecule has 0 heterocycles. The lowest BCUT2D eigenvalue weighted by Gasteiger charge is -2.11. The molecule has 2 amide bonds. The largest absolute Gasteiger partial charge is 0.508 e. The summed E-state index contributed by atoms with van der Waals surface area (Å²) in [6, 6.07) is 3.86. The molecular formula is C10H12N2O3. The lowest BCUT2D eigenvalue weighted by molar-refractivity contribution is 0.0827. The Balaban J connectivity index is 3.20. The van der Waals surface area contributed by atoms with Gasteiger partial charge < -0.3 is 15.7 Å². The Hall–Kier alpha value is -2.04. The standard InChI is InChI=1S/C10H12N2O3/c1-12(2)10(15)7-3-6(9(11)14)4-8(13)5-7/h3-5,13H,1-2H3,(H2,11,14). The van der Waals surface area contributed by atoms with Crippen molar-refractivity contribution < 1.29 is 14.7 Å². The van der Waals surface area contributed by atoms with Crippen LogP contribution in [-0.4, -0.2) is 35.9 Å². The molecule has 1 aromatic rings. The molecule has 0 aliphatic rings. The van der Waals surface area contributed by atoms with Gasteiger partial charge >= 0.3 is 0 Å². The van der Waals surface area contributed by atoms with E-state index in [2.05, 4.69) is 0 Å². The minimum Gasteiger partial charge on any atom is -0.508 e. The van der Waals surface area contributed by atoms with Crippen molar-refractivity contribution in [2.75, 3.05) is 14.1 Å². The van der Waals surface area contributed by atoms with Crippen LogP contribution in [0.2, 0.25) is 0 Å². The number of aromatic hydroxyl groups is 1. The Morgan fingerprint density at radius 3 is 2.20 bits per heavy atom. The van der Waals surface area contributed by atoms with E-state index in [0.29, 0.717) is 0 Å². The van der Waals surface area contributed by atoms with Crippen LogP contribution in [0.3, 0.4) is 0 Å². The van der Waals surface area contributed by atoms with Crippen LogP contribution in [0.15, 0.2) is 18.2 Å². The van der Waals surface area contributed by atoms with Gasteiger partial charge in [0.15, 0.2) is 0 Å². The highest BCUT2D eigenvalue weighted by atomic mass is 16.3. The fourth-order valence-corrected chi connectivity index (χ4v) is 1.14. The minimum absolute atomic E-state index is 0.111. The second kappa shape index (κ2) is 4.00. The molecule has 0 saturated carbocycles. The molecule has 3 N–H and O–H groups in total. The summed E-state index contributed by atoms with van der Waals surface area (Å²) in [5, 5.41) is 9.29. The first-order chi connectivity index (χ1) is 6.91. The number of benzene rings is 1. The first-order valence-corrected chi connectivity index (χ1v) is 4.27. The van der Waals surface area contributed by atoms with Crippen LogP contribution >= 0.6 is 0 Å². The van der Waals surface area contributed by atoms with Crippen LogP contribution < -0.4 is 5.73 Å². The van der Waals surface area contributed by atoms with E-state index in [1.807, 2.05) is 0 Å². The quantitative estimate of drug-likeness (QED) is 0.727. The lowest BCUT2D eigenvalue weighted by atomic mass is 10.1. The Labute approximate surface area is 87.1 Å². The maximum Gasteiger partial charge on any atom is 0.253 e. The minimum atomic E-state index is -0.682. The van der Waals surface area contributed by atoms with Gasteiger partial charge in [0.2, 0.25) is 5.91 Å². The van der Waals surface area contributed by atoms with E-state index < -0.39 is 5.91 Å². The number of nitrogens with zero attached hydrogens (tertiary/aromatic N) is 1. The fraction of sp³-hybridized carbons (Fsp3) is 0.200. The monoisotopic (exact) mass is 208 g/mol. The van der Waals surface area contributed by atoms with Gasteiger partial charge in [-0.1, -0.05) is 0 Å². The lowest BCUT2D eigenvalue weighted by Crippen LogP contribution is -2.22. The van der Waals surface area contributed by atoms with Gasteiger partial charge in [-0.05, 0) is 18.2 Å². The van der Waals surface area contributed by atoms with E-state index in [1.165, 1.54) is 23.1 Å². The molecule has 1 aromatic carbocycles. The highest BCUT2D eigenvalue weighted by Crippen LogP contribution is 2.16. The molecule has 0 spiro atoms. The smallest absolute Gasteiger partial charge is 0.253 e. The Morgan fingerprint density at radius 1 is 1.20 bits per heavy atom. The highest BCUT2D eigenvalue weighted by Gasteiger charge is 2.12. The SMILES string of the molecule is CN(C)C(=O)c1cc(O)cc(C(N)=O)c1. The first kappa shape index (κ1) is 11.0. The van der Waals surface area contributed by atoms with Gasteiger partial charge in [0, 0.05) is 25.2 Å². The summed E-state index contributed by atoms with van der Waals surface area (Å²) < 4.78 is 0. The molecule has 0 saturated heterocycles. The van der Waals surface area contributed by atoms with Crippen molar-refractivity contribution in [3.8, 4) is 5.75 Å². The zero-order valence-corrected chi connectivity index (χ0v) is 8.52. The number of phenolic OH excluding ortho intramolecular Hbond substituents is 1. The molecule has 0 bridgehead atoms. The Kier molecular flexibility index (Phi) is 2.94. The van der Waals surface area contributed by atoms with Gasteiger partial charge in [0.25, 0.3) is 5.91 Å². The number of phenols is 1. The van der Waals surface area contributed by atoms with Crippen molar-refractivity contribution in [2.45, 2.75) is 0 Å². The summed E-state index contributed by atoms with van der Waals surface area (Å²) >= 11 is 0. The normalized spacial score (nSPS) is 9.73. The van der Waals surface area contributed by atoms with Gasteiger partial charge in [-0.2, -0.15) is 0 Å². The molecule has 0 unspecified atom stereocenters. The second-order valence-electron chi connectivity index (χ2n) is 3.33. The molecule has 0 aliphatic carbocycles. The van der Waals surface area contributed by atoms with Crippen molar-refractivity contribution in [3.05, 3.63) is 29.3 Å². The third-order valence-corrected chi connectivity index (χ3v) is 1.86. The van der Waals surface area contributed by atoms with Crippen molar-refractivity contribution in [3.63, 3.8) is 0 Å². The molecule has 0 fully saturated rings. The summed E-state index contributed by atoms with van der Waals surface area (Å²) in [4.78, 5) is 23.8. The van der Waals surface area contributed by atoms with E-state index in [4.69, 9.17) is 5.73 Å². The number of hydrogen-bond acceptors (Lipinski definition) is 3. The Morgan fingerprint density at radius 2 is 1.73 bits per heavy atom. The molecule has 0 radical (unpaired) electrons.